The van der Waals surface area contributed by atoms with Gasteiger partial charge in [-0.1, -0.05) is 11.8 Å². The number of esters is 1. The number of carbonyl (C=O) groups excluding carboxylic acids is 3. The second kappa shape index (κ2) is 13.7. The van der Waals surface area contributed by atoms with Gasteiger partial charge in [0.25, 0.3) is 5.91 Å². The third kappa shape index (κ3) is 8.03. The number of rotatable bonds is 12. The van der Waals surface area contributed by atoms with Crippen molar-refractivity contribution >= 4 is 40.9 Å². The summed E-state index contributed by atoms with van der Waals surface area (Å²) in [6, 6.07) is 12.9. The molecule has 0 saturated heterocycles. The minimum absolute atomic E-state index is 0.0328. The maximum Gasteiger partial charge on any atom is 0.341 e. The van der Waals surface area contributed by atoms with Crippen LogP contribution >= 0.6 is 11.8 Å². The molecule has 200 valence electrons. The predicted molar refractivity (Wildman–Crippen MR) is 142 cm³/mol. The van der Waals surface area contributed by atoms with Crippen molar-refractivity contribution in [2.24, 2.45) is 0 Å². The molecule has 0 fully saturated rings. The van der Waals surface area contributed by atoms with E-state index in [0.717, 1.165) is 11.8 Å². The smallest absolute Gasteiger partial charge is 0.341 e. The quantitative estimate of drug-likeness (QED) is 0.258. The average molecular weight is 542 g/mol. The maximum atomic E-state index is 12.7. The second-order valence-corrected chi connectivity index (χ2v) is 8.48. The number of methoxy groups -OCH3 is 4. The van der Waals surface area contributed by atoms with E-state index >= 15 is 0 Å². The van der Waals surface area contributed by atoms with Crippen LogP contribution in [0.25, 0.3) is 0 Å². The van der Waals surface area contributed by atoms with Crippen molar-refractivity contribution in [2.75, 3.05) is 51.4 Å². The summed E-state index contributed by atoms with van der Waals surface area (Å²) in [5.41, 5.74) is 1.04. The van der Waals surface area contributed by atoms with Crippen LogP contribution in [0.5, 0.6) is 23.0 Å². The standard InChI is InChI=1S/C26H27N3O8S/c1-33-18-8-16(9-19(12-18)34-2)28-23(30)14-37-26(32)22-6-5-7-27-25(22)38-15-24(31)29-17-10-20(35-3)13-21(11-17)36-4/h5-13H,14-15H2,1-4H3,(H,28,30)(H,29,31). The van der Waals surface area contributed by atoms with Crippen molar-refractivity contribution < 1.29 is 38.1 Å². The Kier molecular flexibility index (Phi) is 10.2. The lowest BCUT2D eigenvalue weighted by Gasteiger charge is -2.11. The summed E-state index contributed by atoms with van der Waals surface area (Å²) in [7, 11) is 6.01. The van der Waals surface area contributed by atoms with Crippen molar-refractivity contribution in [2.45, 2.75) is 5.03 Å². The van der Waals surface area contributed by atoms with Crippen molar-refractivity contribution in [3.05, 3.63) is 60.3 Å². The zero-order valence-electron chi connectivity index (χ0n) is 21.2. The average Bonchev–Trinajstić information content (AvgIpc) is 2.94. The number of benzene rings is 2. The molecule has 0 unspecified atom stereocenters. The van der Waals surface area contributed by atoms with Crippen LogP contribution in [0.2, 0.25) is 0 Å². The van der Waals surface area contributed by atoms with Gasteiger partial charge in [0.1, 0.15) is 28.0 Å². The Morgan fingerprint density at radius 1 is 0.763 bits per heavy atom. The molecule has 1 aromatic heterocycles. The van der Waals surface area contributed by atoms with Gasteiger partial charge in [0.15, 0.2) is 6.61 Å². The minimum atomic E-state index is -0.753. The molecule has 3 rings (SSSR count). The molecule has 0 aliphatic heterocycles. The Hall–Kier alpha value is -4.45. The Morgan fingerprint density at radius 2 is 1.26 bits per heavy atom. The van der Waals surface area contributed by atoms with Gasteiger partial charge in [-0.05, 0) is 12.1 Å². The summed E-state index contributed by atoms with van der Waals surface area (Å²) in [5.74, 6) is 0.356. The number of carbonyl (C=O) groups is 3. The number of hydrogen-bond donors (Lipinski definition) is 2. The summed E-state index contributed by atoms with van der Waals surface area (Å²) in [6.45, 7) is -0.532. The molecule has 11 nitrogen and oxygen atoms in total. The Balaban J connectivity index is 1.57. The van der Waals surface area contributed by atoms with E-state index in [0.29, 0.717) is 34.4 Å². The monoisotopic (exact) mass is 541 g/mol. The molecule has 0 atom stereocenters. The van der Waals surface area contributed by atoms with Crippen LogP contribution in [0, 0.1) is 0 Å². The molecule has 2 amide bonds. The van der Waals surface area contributed by atoms with Crippen molar-refractivity contribution in [1.82, 2.24) is 4.98 Å². The molecule has 3 aromatic rings. The van der Waals surface area contributed by atoms with Crippen molar-refractivity contribution in [3.8, 4) is 23.0 Å². The molecule has 2 N–H and O–H groups in total. The molecular formula is C26H27N3O8S. The number of anilines is 2. The molecule has 0 bridgehead atoms. The van der Waals surface area contributed by atoms with Gasteiger partial charge in [0, 0.05) is 54.0 Å². The van der Waals surface area contributed by atoms with E-state index in [-0.39, 0.29) is 22.2 Å². The number of nitrogens with zero attached hydrogens (tertiary/aromatic N) is 1. The molecule has 12 heteroatoms. The van der Waals surface area contributed by atoms with Gasteiger partial charge in [-0.3, -0.25) is 9.59 Å². The van der Waals surface area contributed by atoms with Crippen LogP contribution < -0.4 is 29.6 Å². The molecule has 2 aromatic carbocycles. The lowest BCUT2D eigenvalue weighted by Crippen LogP contribution is -2.21. The maximum absolute atomic E-state index is 12.7. The fourth-order valence-corrected chi connectivity index (χ4v) is 3.94. The third-order valence-corrected chi connectivity index (χ3v) is 5.94. The van der Waals surface area contributed by atoms with Crippen LogP contribution in [0.4, 0.5) is 11.4 Å². The Bertz CT molecular complexity index is 1260. The topological polar surface area (TPSA) is 134 Å². The number of nitrogens with one attached hydrogen (secondary N) is 2. The van der Waals surface area contributed by atoms with E-state index in [1.165, 1.54) is 40.7 Å². The van der Waals surface area contributed by atoms with Gasteiger partial charge in [0.2, 0.25) is 5.91 Å². The summed E-state index contributed by atoms with van der Waals surface area (Å²) in [4.78, 5) is 41.7. The van der Waals surface area contributed by atoms with E-state index in [1.54, 1.807) is 42.5 Å². The fourth-order valence-electron chi connectivity index (χ4n) is 3.16. The fraction of sp³-hybridized carbons (Fsp3) is 0.231. The first kappa shape index (κ1) is 28.1. The molecule has 0 saturated carbocycles. The highest BCUT2D eigenvalue weighted by molar-refractivity contribution is 8.00. The first-order chi connectivity index (χ1) is 18.3. The van der Waals surface area contributed by atoms with Crippen LogP contribution in [0.15, 0.2) is 59.8 Å². The van der Waals surface area contributed by atoms with E-state index < -0.39 is 18.5 Å². The van der Waals surface area contributed by atoms with Gasteiger partial charge in [-0.25, -0.2) is 9.78 Å². The number of aromatic nitrogens is 1. The normalized spacial score (nSPS) is 10.2. The van der Waals surface area contributed by atoms with Gasteiger partial charge in [-0.2, -0.15) is 0 Å². The van der Waals surface area contributed by atoms with Gasteiger partial charge >= 0.3 is 5.97 Å². The molecular weight excluding hydrogens is 514 g/mol. The van der Waals surface area contributed by atoms with E-state index in [9.17, 15) is 14.4 Å². The largest absolute Gasteiger partial charge is 0.497 e. The number of thioether (sulfide) groups is 1. The number of hydrogen-bond acceptors (Lipinski definition) is 10. The lowest BCUT2D eigenvalue weighted by molar-refractivity contribution is -0.119. The van der Waals surface area contributed by atoms with Crippen LogP contribution in [-0.2, 0) is 14.3 Å². The lowest BCUT2D eigenvalue weighted by atomic mass is 10.2. The third-order valence-electron chi connectivity index (χ3n) is 4.94. The van der Waals surface area contributed by atoms with Crippen LogP contribution in [-0.4, -0.2) is 63.6 Å². The first-order valence-corrected chi connectivity index (χ1v) is 12.1. The summed E-state index contributed by atoms with van der Waals surface area (Å²) in [6.07, 6.45) is 1.49. The highest BCUT2D eigenvalue weighted by Crippen LogP contribution is 2.27. The zero-order valence-corrected chi connectivity index (χ0v) is 22.0. The summed E-state index contributed by atoms with van der Waals surface area (Å²) >= 11 is 1.05. The zero-order chi connectivity index (χ0) is 27.5. The van der Waals surface area contributed by atoms with Crippen LogP contribution in [0.3, 0.4) is 0 Å². The number of pyridine rings is 1. The van der Waals surface area contributed by atoms with Gasteiger partial charge in [0.05, 0.1) is 39.8 Å². The molecule has 0 spiro atoms. The first-order valence-electron chi connectivity index (χ1n) is 11.2. The summed E-state index contributed by atoms with van der Waals surface area (Å²) < 4.78 is 25.9. The number of ether oxygens (including phenoxy) is 5. The highest BCUT2D eigenvalue weighted by atomic mass is 32.2. The van der Waals surface area contributed by atoms with Crippen LogP contribution in [0.1, 0.15) is 10.4 Å². The van der Waals surface area contributed by atoms with Crippen molar-refractivity contribution in [1.29, 1.82) is 0 Å². The molecule has 0 aliphatic carbocycles. The molecule has 0 aliphatic rings. The minimum Gasteiger partial charge on any atom is -0.497 e. The van der Waals surface area contributed by atoms with Crippen molar-refractivity contribution in [3.63, 3.8) is 0 Å². The van der Waals surface area contributed by atoms with E-state index in [2.05, 4.69) is 15.6 Å². The Morgan fingerprint density at radius 3 is 1.76 bits per heavy atom. The SMILES string of the molecule is COc1cc(NC(=O)COC(=O)c2cccnc2SCC(=O)Nc2cc(OC)cc(OC)c2)cc(OC)c1. The van der Waals surface area contributed by atoms with Gasteiger partial charge < -0.3 is 34.3 Å². The molecule has 1 heterocycles. The Labute approximate surface area is 223 Å². The van der Waals surface area contributed by atoms with E-state index in [1.807, 2.05) is 0 Å². The second-order valence-electron chi connectivity index (χ2n) is 7.52. The number of amides is 2. The predicted octanol–water partition coefficient (Wildman–Crippen LogP) is 3.64. The van der Waals surface area contributed by atoms with Gasteiger partial charge in [-0.15, -0.1) is 0 Å². The summed E-state index contributed by atoms with van der Waals surface area (Å²) in [5, 5.41) is 5.67. The molecule has 0 radical (unpaired) electrons. The van der Waals surface area contributed by atoms with E-state index in [4.69, 9.17) is 23.7 Å². The highest BCUT2D eigenvalue weighted by Gasteiger charge is 2.17. The molecule has 38 heavy (non-hydrogen) atoms.